The number of rotatable bonds is 5. The second-order valence-electron chi connectivity index (χ2n) is 12.7. The van der Waals surface area contributed by atoms with Crippen LogP contribution in [0.15, 0.2) is 174 Å². The molecule has 3 aromatic heterocycles. The van der Waals surface area contributed by atoms with Gasteiger partial charge in [0.25, 0.3) is 0 Å². The van der Waals surface area contributed by atoms with Crippen molar-refractivity contribution < 1.29 is 4.42 Å². The number of hydrogen-bond acceptors (Lipinski definition) is 5. The number of pyridine rings is 1. The number of fused-ring (bicyclic) bond motifs is 6. The average molecular weight is 653 g/mol. The van der Waals surface area contributed by atoms with E-state index >= 15 is 0 Å². The van der Waals surface area contributed by atoms with E-state index in [1.165, 1.54) is 5.39 Å². The fraction of sp³-hybridized carbons (Fsp3) is 0. The maximum absolute atomic E-state index is 6.29. The third kappa shape index (κ3) is 5.03. The molecule has 0 fully saturated rings. The standard InChI is InChI=1S/C46H28N4O/c1-2-11-31(12-3-1)43-48-44(50-45(49-43)34-24-19-29-10-4-5-13-33(29)28-34)32-22-20-30(21-23-32)35-14-6-7-15-36(35)37-16-8-17-39-38(37)25-26-40-41-18-9-27-47-46(41)51-42(39)40/h1-28H. The summed E-state index contributed by atoms with van der Waals surface area (Å²) in [5.74, 6) is 1.91. The van der Waals surface area contributed by atoms with Crippen molar-refractivity contribution in [1.82, 2.24) is 19.9 Å². The molecular formula is C46H28N4O. The summed E-state index contributed by atoms with van der Waals surface area (Å²) in [5, 5.41) is 6.63. The third-order valence-corrected chi connectivity index (χ3v) is 9.62. The summed E-state index contributed by atoms with van der Waals surface area (Å²) in [4.78, 5) is 19.4. The molecule has 0 saturated heterocycles. The zero-order chi connectivity index (χ0) is 33.7. The monoisotopic (exact) mass is 652 g/mol. The summed E-state index contributed by atoms with van der Waals surface area (Å²) in [5.41, 5.74) is 8.87. The van der Waals surface area contributed by atoms with Gasteiger partial charge < -0.3 is 4.42 Å². The largest absolute Gasteiger partial charge is 0.437 e. The van der Waals surface area contributed by atoms with Crippen LogP contribution in [0.3, 0.4) is 0 Å². The number of aromatic nitrogens is 4. The average Bonchev–Trinajstić information content (AvgIpc) is 3.60. The molecule has 5 heteroatoms. The SMILES string of the molecule is c1ccc(-c2nc(-c3ccc(-c4ccccc4-c4cccc5c4ccc4c6cccnc6oc54)cc3)nc(-c3ccc4ccccc4c3)n2)cc1. The van der Waals surface area contributed by atoms with Crippen molar-refractivity contribution in [2.45, 2.75) is 0 Å². The zero-order valence-corrected chi connectivity index (χ0v) is 27.4. The minimum atomic E-state index is 0.630. The summed E-state index contributed by atoms with van der Waals surface area (Å²) in [7, 11) is 0. The molecule has 0 radical (unpaired) electrons. The van der Waals surface area contributed by atoms with Crippen LogP contribution in [-0.2, 0) is 0 Å². The molecule has 7 aromatic carbocycles. The van der Waals surface area contributed by atoms with Crippen LogP contribution in [0.25, 0.3) is 100 Å². The first-order valence-electron chi connectivity index (χ1n) is 17.0. The Morgan fingerprint density at radius 2 is 0.941 bits per heavy atom. The topological polar surface area (TPSA) is 64.7 Å². The van der Waals surface area contributed by atoms with Crippen LogP contribution in [0.1, 0.15) is 0 Å². The Morgan fingerprint density at radius 1 is 0.353 bits per heavy atom. The molecule has 238 valence electrons. The minimum Gasteiger partial charge on any atom is -0.437 e. The van der Waals surface area contributed by atoms with E-state index in [4.69, 9.17) is 19.4 Å². The van der Waals surface area contributed by atoms with Gasteiger partial charge in [0.05, 0.1) is 0 Å². The lowest BCUT2D eigenvalue weighted by molar-refractivity contribution is 0.657. The Morgan fingerprint density at radius 3 is 1.76 bits per heavy atom. The van der Waals surface area contributed by atoms with Gasteiger partial charge in [0.2, 0.25) is 5.71 Å². The molecule has 0 N–H and O–H groups in total. The van der Waals surface area contributed by atoms with E-state index in [0.29, 0.717) is 23.2 Å². The molecular weight excluding hydrogens is 625 g/mol. The van der Waals surface area contributed by atoms with E-state index in [1.54, 1.807) is 6.20 Å². The smallest absolute Gasteiger partial charge is 0.227 e. The van der Waals surface area contributed by atoms with Gasteiger partial charge in [-0.1, -0.05) is 140 Å². The Kier molecular flexibility index (Phi) is 6.74. The van der Waals surface area contributed by atoms with Gasteiger partial charge in [0, 0.05) is 39.0 Å². The van der Waals surface area contributed by atoms with Crippen LogP contribution in [0.5, 0.6) is 0 Å². The molecule has 51 heavy (non-hydrogen) atoms. The Labute approximate surface area is 293 Å². The molecule has 5 nitrogen and oxygen atoms in total. The second-order valence-corrected chi connectivity index (χ2v) is 12.7. The van der Waals surface area contributed by atoms with Gasteiger partial charge in [0.15, 0.2) is 17.5 Å². The van der Waals surface area contributed by atoms with Gasteiger partial charge in [-0.15, -0.1) is 0 Å². The molecule has 0 bridgehead atoms. The van der Waals surface area contributed by atoms with Gasteiger partial charge in [-0.3, -0.25) is 0 Å². The lowest BCUT2D eigenvalue weighted by Crippen LogP contribution is -2.00. The minimum absolute atomic E-state index is 0.630. The number of benzene rings is 7. The number of hydrogen-bond donors (Lipinski definition) is 0. The van der Waals surface area contributed by atoms with E-state index in [-0.39, 0.29) is 0 Å². The van der Waals surface area contributed by atoms with Crippen LogP contribution in [0.2, 0.25) is 0 Å². The lowest BCUT2D eigenvalue weighted by Gasteiger charge is -2.14. The summed E-state index contributed by atoms with van der Waals surface area (Å²) >= 11 is 0. The maximum Gasteiger partial charge on any atom is 0.227 e. The predicted octanol–water partition coefficient (Wildman–Crippen LogP) is 11.8. The third-order valence-electron chi connectivity index (χ3n) is 9.62. The van der Waals surface area contributed by atoms with Gasteiger partial charge in [-0.05, 0) is 62.7 Å². The molecule has 0 aliphatic heterocycles. The van der Waals surface area contributed by atoms with Crippen molar-refractivity contribution in [3.05, 3.63) is 170 Å². The Bertz CT molecular complexity index is 2910. The van der Waals surface area contributed by atoms with E-state index in [2.05, 4.69) is 132 Å². The van der Waals surface area contributed by atoms with Gasteiger partial charge >= 0.3 is 0 Å². The molecule has 0 aliphatic rings. The Balaban J connectivity index is 1.07. The quantitative estimate of drug-likeness (QED) is 0.185. The first-order valence-corrected chi connectivity index (χ1v) is 17.0. The van der Waals surface area contributed by atoms with Crippen LogP contribution in [0, 0.1) is 0 Å². The lowest BCUT2D eigenvalue weighted by atomic mass is 9.90. The van der Waals surface area contributed by atoms with Crippen molar-refractivity contribution in [3.8, 4) is 56.4 Å². The van der Waals surface area contributed by atoms with Crippen molar-refractivity contribution >= 4 is 43.6 Å². The number of nitrogens with zero attached hydrogens (tertiary/aromatic N) is 4. The summed E-state index contributed by atoms with van der Waals surface area (Å²) in [6.07, 6.45) is 1.77. The maximum atomic E-state index is 6.29. The highest BCUT2D eigenvalue weighted by Crippen LogP contribution is 2.40. The van der Waals surface area contributed by atoms with E-state index in [9.17, 15) is 0 Å². The first kappa shape index (κ1) is 29.0. The molecule has 0 saturated carbocycles. The van der Waals surface area contributed by atoms with Gasteiger partial charge in [-0.25, -0.2) is 19.9 Å². The highest BCUT2D eigenvalue weighted by atomic mass is 16.3. The molecule has 10 aromatic rings. The molecule has 10 rings (SSSR count). The number of furan rings is 1. The molecule has 0 spiro atoms. The van der Waals surface area contributed by atoms with Crippen LogP contribution < -0.4 is 0 Å². The van der Waals surface area contributed by atoms with Crippen molar-refractivity contribution in [2.24, 2.45) is 0 Å². The molecule has 0 amide bonds. The van der Waals surface area contributed by atoms with Crippen LogP contribution >= 0.6 is 0 Å². The summed E-state index contributed by atoms with van der Waals surface area (Å²) in [6, 6.07) is 56.6. The second kappa shape index (κ2) is 11.9. The molecule has 0 unspecified atom stereocenters. The normalized spacial score (nSPS) is 11.5. The van der Waals surface area contributed by atoms with Crippen molar-refractivity contribution in [2.75, 3.05) is 0 Å². The highest BCUT2D eigenvalue weighted by molar-refractivity contribution is 6.17. The van der Waals surface area contributed by atoms with Crippen molar-refractivity contribution in [3.63, 3.8) is 0 Å². The van der Waals surface area contributed by atoms with Crippen LogP contribution in [0.4, 0.5) is 0 Å². The van der Waals surface area contributed by atoms with E-state index < -0.39 is 0 Å². The fourth-order valence-corrected chi connectivity index (χ4v) is 7.11. The first-order chi connectivity index (χ1) is 25.3. The fourth-order valence-electron chi connectivity index (χ4n) is 7.11. The van der Waals surface area contributed by atoms with E-state index in [0.717, 1.165) is 71.5 Å². The van der Waals surface area contributed by atoms with Gasteiger partial charge in [0.1, 0.15) is 5.58 Å². The predicted molar refractivity (Wildman–Crippen MR) is 207 cm³/mol. The summed E-state index contributed by atoms with van der Waals surface area (Å²) in [6.45, 7) is 0. The summed E-state index contributed by atoms with van der Waals surface area (Å²) < 4.78 is 6.29. The Hall–Kier alpha value is -6.98. The molecule has 3 heterocycles. The van der Waals surface area contributed by atoms with Gasteiger partial charge in [-0.2, -0.15) is 0 Å². The highest BCUT2D eigenvalue weighted by Gasteiger charge is 2.17. The molecule has 0 aliphatic carbocycles. The van der Waals surface area contributed by atoms with Crippen LogP contribution in [-0.4, -0.2) is 19.9 Å². The van der Waals surface area contributed by atoms with Crippen molar-refractivity contribution in [1.29, 1.82) is 0 Å². The molecule has 0 atom stereocenters. The van der Waals surface area contributed by atoms with E-state index in [1.807, 2.05) is 36.4 Å². The zero-order valence-electron chi connectivity index (χ0n) is 27.4.